The Kier molecular flexibility index (Phi) is 4.69. The number of hydrogen-bond acceptors (Lipinski definition) is 4. The van der Waals surface area contributed by atoms with E-state index in [4.69, 9.17) is 4.74 Å². The van der Waals surface area contributed by atoms with Crippen molar-refractivity contribution in [2.24, 2.45) is 5.92 Å². The van der Waals surface area contributed by atoms with Crippen molar-refractivity contribution >= 4 is 5.97 Å². The highest BCUT2D eigenvalue weighted by Gasteiger charge is 2.42. The van der Waals surface area contributed by atoms with Crippen LogP contribution in [0.5, 0.6) is 0 Å². The van der Waals surface area contributed by atoms with Crippen molar-refractivity contribution in [3.8, 4) is 0 Å². The van der Waals surface area contributed by atoms with Crippen molar-refractivity contribution in [1.29, 1.82) is 0 Å². The molecule has 1 heterocycles. The average molecular weight is 321 g/mol. The molecule has 3 rings (SSSR count). The number of methoxy groups -OCH3 is 1. The quantitative estimate of drug-likeness (QED) is 0.870. The molecule has 0 radical (unpaired) electrons. The van der Waals surface area contributed by atoms with E-state index in [1.54, 1.807) is 6.07 Å². The Morgan fingerprint density at radius 2 is 2.26 bits per heavy atom. The van der Waals surface area contributed by atoms with Gasteiger partial charge in [-0.25, -0.2) is 9.18 Å². The first-order valence-electron chi connectivity index (χ1n) is 8.33. The SMILES string of the molecule is COC(=O)c1ccc(F)c(CN2CCC3(O)CCCCC3C2)c1. The summed E-state index contributed by atoms with van der Waals surface area (Å²) >= 11 is 0. The van der Waals surface area contributed by atoms with Gasteiger partial charge in [0, 0.05) is 31.1 Å². The first-order valence-corrected chi connectivity index (χ1v) is 8.33. The molecule has 1 aliphatic carbocycles. The zero-order valence-corrected chi connectivity index (χ0v) is 13.6. The highest BCUT2D eigenvalue weighted by molar-refractivity contribution is 5.89. The second-order valence-corrected chi connectivity index (χ2v) is 6.83. The molecule has 2 aliphatic rings. The predicted molar refractivity (Wildman–Crippen MR) is 84.5 cm³/mol. The highest BCUT2D eigenvalue weighted by atomic mass is 19.1. The van der Waals surface area contributed by atoms with Crippen LogP contribution >= 0.6 is 0 Å². The Morgan fingerprint density at radius 3 is 3.04 bits per heavy atom. The molecule has 0 amide bonds. The van der Waals surface area contributed by atoms with Gasteiger partial charge < -0.3 is 9.84 Å². The Bertz CT molecular complexity index is 592. The third-order valence-corrected chi connectivity index (χ3v) is 5.37. The van der Waals surface area contributed by atoms with Gasteiger partial charge in [0.1, 0.15) is 5.82 Å². The van der Waals surface area contributed by atoms with E-state index in [1.165, 1.54) is 19.2 Å². The van der Waals surface area contributed by atoms with Gasteiger partial charge in [-0.1, -0.05) is 12.8 Å². The number of likely N-dealkylation sites (tertiary alicyclic amines) is 1. The fourth-order valence-electron chi connectivity index (χ4n) is 3.96. The lowest BCUT2D eigenvalue weighted by molar-refractivity contribution is -0.0968. The van der Waals surface area contributed by atoms with Gasteiger partial charge in [0.15, 0.2) is 0 Å². The van der Waals surface area contributed by atoms with Crippen molar-refractivity contribution in [2.45, 2.75) is 44.2 Å². The number of halogens is 1. The van der Waals surface area contributed by atoms with Gasteiger partial charge >= 0.3 is 5.97 Å². The van der Waals surface area contributed by atoms with Crippen LogP contribution in [0.1, 0.15) is 48.0 Å². The molecule has 1 aromatic carbocycles. The van der Waals surface area contributed by atoms with E-state index in [2.05, 4.69) is 4.90 Å². The van der Waals surface area contributed by atoms with Gasteiger partial charge in [-0.15, -0.1) is 0 Å². The van der Waals surface area contributed by atoms with Crippen LogP contribution in [0, 0.1) is 11.7 Å². The van der Waals surface area contributed by atoms with E-state index in [0.29, 0.717) is 17.7 Å². The molecular weight excluding hydrogens is 297 g/mol. The van der Waals surface area contributed by atoms with E-state index in [9.17, 15) is 14.3 Å². The van der Waals surface area contributed by atoms with E-state index >= 15 is 0 Å². The minimum atomic E-state index is -0.527. The predicted octanol–water partition coefficient (Wildman–Crippen LogP) is 2.74. The number of benzene rings is 1. The number of carbonyl (C=O) groups is 1. The van der Waals surface area contributed by atoms with Crippen LogP contribution in [-0.2, 0) is 11.3 Å². The van der Waals surface area contributed by atoms with E-state index in [0.717, 1.165) is 45.2 Å². The topological polar surface area (TPSA) is 49.8 Å². The number of ether oxygens (including phenoxy) is 1. The number of piperidine rings is 1. The third-order valence-electron chi connectivity index (χ3n) is 5.37. The summed E-state index contributed by atoms with van der Waals surface area (Å²) < 4.78 is 18.8. The molecule has 1 saturated heterocycles. The number of esters is 1. The molecule has 0 bridgehead atoms. The minimum absolute atomic E-state index is 0.275. The lowest BCUT2D eigenvalue weighted by atomic mass is 9.71. The van der Waals surface area contributed by atoms with Crippen molar-refractivity contribution in [1.82, 2.24) is 4.90 Å². The van der Waals surface area contributed by atoms with Gasteiger partial charge in [0.2, 0.25) is 0 Å². The number of fused-ring (bicyclic) bond motifs is 1. The first kappa shape index (κ1) is 16.4. The smallest absolute Gasteiger partial charge is 0.337 e. The number of hydrogen-bond donors (Lipinski definition) is 1. The van der Waals surface area contributed by atoms with Crippen LogP contribution in [0.15, 0.2) is 18.2 Å². The average Bonchev–Trinajstić information content (AvgIpc) is 2.56. The summed E-state index contributed by atoms with van der Waals surface area (Å²) in [5.41, 5.74) is 0.352. The fourth-order valence-corrected chi connectivity index (χ4v) is 3.96. The molecule has 1 saturated carbocycles. The molecule has 2 unspecified atom stereocenters. The lowest BCUT2D eigenvalue weighted by Crippen LogP contribution is -2.53. The summed E-state index contributed by atoms with van der Waals surface area (Å²) in [6, 6.07) is 4.34. The molecule has 1 aliphatic heterocycles. The Balaban J connectivity index is 1.71. The second-order valence-electron chi connectivity index (χ2n) is 6.83. The van der Waals surface area contributed by atoms with Crippen LogP contribution in [0.2, 0.25) is 0 Å². The molecule has 0 spiro atoms. The van der Waals surface area contributed by atoms with Gasteiger partial charge in [0.25, 0.3) is 0 Å². The molecule has 4 nitrogen and oxygen atoms in total. The Labute approximate surface area is 136 Å². The molecule has 0 aromatic heterocycles. The maximum Gasteiger partial charge on any atom is 0.337 e. The Hall–Kier alpha value is -1.46. The molecule has 5 heteroatoms. The Morgan fingerprint density at radius 1 is 1.43 bits per heavy atom. The molecule has 2 fully saturated rings. The van der Waals surface area contributed by atoms with Gasteiger partial charge in [0.05, 0.1) is 18.3 Å². The van der Waals surface area contributed by atoms with Crippen LogP contribution in [0.4, 0.5) is 4.39 Å². The van der Waals surface area contributed by atoms with Gasteiger partial charge in [-0.3, -0.25) is 4.90 Å². The van der Waals surface area contributed by atoms with Crippen molar-refractivity contribution in [2.75, 3.05) is 20.2 Å². The number of aliphatic hydroxyl groups is 1. The van der Waals surface area contributed by atoms with E-state index < -0.39 is 11.6 Å². The summed E-state index contributed by atoms with van der Waals surface area (Å²) in [5, 5.41) is 10.7. The summed E-state index contributed by atoms with van der Waals surface area (Å²) in [4.78, 5) is 13.8. The summed E-state index contributed by atoms with van der Waals surface area (Å²) in [6.07, 6.45) is 4.93. The zero-order chi connectivity index (χ0) is 16.4. The maximum atomic E-state index is 14.1. The summed E-state index contributed by atoms with van der Waals surface area (Å²) in [6.45, 7) is 2.01. The van der Waals surface area contributed by atoms with Crippen LogP contribution < -0.4 is 0 Å². The molecule has 23 heavy (non-hydrogen) atoms. The first-order chi connectivity index (χ1) is 11.0. The van der Waals surface area contributed by atoms with Crippen molar-refractivity contribution in [3.63, 3.8) is 0 Å². The standard InChI is InChI=1S/C18H24FNO3/c1-23-17(21)13-5-6-16(19)14(10-13)11-20-9-8-18(22)7-3-2-4-15(18)12-20/h5-6,10,15,22H,2-4,7-9,11-12H2,1H3. The molecule has 2 atom stereocenters. The van der Waals surface area contributed by atoms with E-state index in [-0.39, 0.29) is 11.7 Å². The lowest BCUT2D eigenvalue weighted by Gasteiger charge is -2.47. The third kappa shape index (κ3) is 3.40. The number of carbonyl (C=O) groups excluding carboxylic acids is 1. The molecule has 1 aromatic rings. The maximum absolute atomic E-state index is 14.1. The molecule has 126 valence electrons. The fraction of sp³-hybridized carbons (Fsp3) is 0.611. The second kappa shape index (κ2) is 6.57. The summed E-state index contributed by atoms with van der Waals surface area (Å²) in [5.74, 6) is -0.481. The monoisotopic (exact) mass is 321 g/mol. The van der Waals surface area contributed by atoms with Gasteiger partial charge in [-0.05, 0) is 37.5 Å². The van der Waals surface area contributed by atoms with Crippen LogP contribution in [0.25, 0.3) is 0 Å². The molecule has 1 N–H and O–H groups in total. The number of nitrogens with zero attached hydrogens (tertiary/aromatic N) is 1. The van der Waals surface area contributed by atoms with Crippen LogP contribution in [-0.4, -0.2) is 41.8 Å². The van der Waals surface area contributed by atoms with E-state index in [1.807, 2.05) is 0 Å². The largest absolute Gasteiger partial charge is 0.465 e. The summed E-state index contributed by atoms with van der Waals surface area (Å²) in [7, 11) is 1.32. The zero-order valence-electron chi connectivity index (χ0n) is 13.6. The highest BCUT2D eigenvalue weighted by Crippen LogP contribution is 2.40. The van der Waals surface area contributed by atoms with Crippen LogP contribution in [0.3, 0.4) is 0 Å². The normalized spacial score (nSPS) is 28.2. The number of rotatable bonds is 3. The minimum Gasteiger partial charge on any atom is -0.465 e. The molecular formula is C18H24FNO3. The van der Waals surface area contributed by atoms with Crippen molar-refractivity contribution < 1.29 is 19.0 Å². The van der Waals surface area contributed by atoms with Crippen molar-refractivity contribution in [3.05, 3.63) is 35.1 Å². The van der Waals surface area contributed by atoms with Gasteiger partial charge in [-0.2, -0.15) is 0 Å².